The predicted octanol–water partition coefficient (Wildman–Crippen LogP) is -7.27. The van der Waals surface area contributed by atoms with Crippen molar-refractivity contribution in [3.8, 4) is 0 Å². The van der Waals surface area contributed by atoms with Crippen LogP contribution in [0.25, 0.3) is 0 Å². The fraction of sp³-hybridized carbons (Fsp3) is 0.194. The minimum atomic E-state index is -2.55. The number of non-ortho nitro benzene ring substituents is 1. The van der Waals surface area contributed by atoms with Crippen molar-refractivity contribution < 1.29 is 53.6 Å². The highest BCUT2D eigenvalue weighted by molar-refractivity contribution is 6.00. The SMILES string of the molecule is NC(=O)C(N=C(N)N)NC(=O)C(N=C(N)N)NC(=O)C(N=C(N)N)NC(=O)C(N=C(N)N)NC(=O)C(NC(=O)C(O)N(Cc1ccccc1[N+](=O)[O-])c1ccc([N+](=O)[O-])cc1C(=O)O)c1ccccc1. The second kappa shape index (κ2) is 24.2. The van der Waals surface area contributed by atoms with Crippen molar-refractivity contribution in [1.82, 2.24) is 26.6 Å². The zero-order valence-electron chi connectivity index (χ0n) is 35.8. The highest BCUT2D eigenvalue weighted by Crippen LogP contribution is 2.31. The first-order valence-corrected chi connectivity index (χ1v) is 19.2. The van der Waals surface area contributed by atoms with Crippen molar-refractivity contribution in [2.75, 3.05) is 4.90 Å². The van der Waals surface area contributed by atoms with Crippen LogP contribution in [0.4, 0.5) is 17.1 Å². The number of rotatable bonds is 23. The molecule has 25 N–H and O–H groups in total. The lowest BCUT2D eigenvalue weighted by Gasteiger charge is -2.31. The van der Waals surface area contributed by atoms with Crippen molar-refractivity contribution in [2.24, 2.45) is 71.6 Å². The van der Waals surface area contributed by atoms with E-state index in [2.05, 4.69) is 30.6 Å². The summed E-state index contributed by atoms with van der Waals surface area (Å²) in [5.41, 5.74) is 45.6. The van der Waals surface area contributed by atoms with E-state index < -0.39 is 141 Å². The van der Waals surface area contributed by atoms with Gasteiger partial charge in [0.2, 0.25) is 36.8 Å². The Kier molecular flexibility index (Phi) is 18.7. The molecule has 0 saturated carbocycles. The van der Waals surface area contributed by atoms with Crippen LogP contribution >= 0.6 is 0 Å². The van der Waals surface area contributed by atoms with Crippen LogP contribution in [0.15, 0.2) is 92.8 Å². The van der Waals surface area contributed by atoms with Crippen molar-refractivity contribution in [2.45, 2.75) is 43.5 Å². The van der Waals surface area contributed by atoms with E-state index in [1.165, 1.54) is 48.5 Å². The van der Waals surface area contributed by atoms with Crippen LogP contribution in [0.1, 0.15) is 27.5 Å². The van der Waals surface area contributed by atoms with Gasteiger partial charge in [-0.15, -0.1) is 0 Å². The minimum Gasteiger partial charge on any atom is -0.478 e. The number of carbonyl (C=O) groups is 7. The van der Waals surface area contributed by atoms with E-state index in [1.807, 2.05) is 16.0 Å². The van der Waals surface area contributed by atoms with E-state index in [1.54, 1.807) is 0 Å². The van der Waals surface area contributed by atoms with E-state index in [0.29, 0.717) is 11.0 Å². The summed E-state index contributed by atoms with van der Waals surface area (Å²) in [7, 11) is 0. The number of amides is 6. The summed E-state index contributed by atoms with van der Waals surface area (Å²) in [6.07, 6.45) is -11.1. The number of hydrogen-bond donors (Lipinski definition) is 16. The molecular weight excluding hydrogens is 935 g/mol. The number of guanidine groups is 4. The molecule has 0 radical (unpaired) electrons. The van der Waals surface area contributed by atoms with Crippen LogP contribution in [0.3, 0.4) is 0 Å². The monoisotopic (exact) mass is 979 g/mol. The fourth-order valence-corrected chi connectivity index (χ4v) is 5.76. The number of nitrogens with zero attached hydrogens (tertiary/aromatic N) is 7. The topological polar surface area (TPSA) is 593 Å². The van der Waals surface area contributed by atoms with Crippen LogP contribution < -0.4 is 83.1 Å². The molecule has 0 aliphatic rings. The lowest BCUT2D eigenvalue weighted by atomic mass is 10.1. The number of aliphatic hydroxyl groups excluding tert-OH is 1. The quantitative estimate of drug-likeness (QED) is 0.0138. The number of aliphatic imine (C=N–C) groups is 4. The Hall–Kier alpha value is -10.4. The third-order valence-corrected chi connectivity index (χ3v) is 8.71. The summed E-state index contributed by atoms with van der Waals surface area (Å²) in [4.78, 5) is 129. The average molecular weight is 980 g/mol. The number of nitrogens with one attached hydrogen (secondary N) is 5. The van der Waals surface area contributed by atoms with E-state index in [-0.39, 0.29) is 11.1 Å². The van der Waals surface area contributed by atoms with E-state index in [4.69, 9.17) is 51.6 Å². The first-order chi connectivity index (χ1) is 32.8. The average Bonchev–Trinajstić information content (AvgIpc) is 3.28. The maximum absolute atomic E-state index is 14.2. The van der Waals surface area contributed by atoms with Gasteiger partial charge in [0.15, 0.2) is 23.8 Å². The Morgan fingerprint density at radius 1 is 0.571 bits per heavy atom. The number of aromatic carboxylic acids is 1. The summed E-state index contributed by atoms with van der Waals surface area (Å²) >= 11 is 0. The number of anilines is 1. The molecule has 6 unspecified atom stereocenters. The standard InChI is InChI=1S/C36H45N21O13/c37-21(58)22(51-33(38)39)47-27(60)24(53-35(42)43)49-29(62)25(54-36(44)45)50-28(61)23(52-34(40)41)48-26(59)20(14-6-2-1-3-7-14)46-30(63)31(64)55(13-15-8-4-5-9-18(15)57(69)70)19-11-10-16(56(67)68)12-17(19)32(65)66/h1-12,20,22-25,31,64H,13H2,(H2,37,58)(H,46,63)(H,47,60)(H,48,59)(H,49,62)(H,50,61)(H,65,66)(H4,38,39,51)(H4,40,41,52)(H4,42,43,53)(H4,44,45,54). The predicted molar refractivity (Wildman–Crippen MR) is 243 cm³/mol. The van der Waals surface area contributed by atoms with E-state index in [9.17, 15) is 64.0 Å². The van der Waals surface area contributed by atoms with Crippen LogP contribution in [0.5, 0.6) is 0 Å². The number of nitrogens with two attached hydrogens (primary N) is 9. The molecule has 0 spiro atoms. The second-order valence-corrected chi connectivity index (χ2v) is 13.8. The van der Waals surface area contributed by atoms with Gasteiger partial charge < -0.3 is 93.3 Å². The highest BCUT2D eigenvalue weighted by atomic mass is 16.6. The van der Waals surface area contributed by atoms with Gasteiger partial charge in [-0.1, -0.05) is 48.5 Å². The molecule has 3 aromatic carbocycles. The number of para-hydroxylation sites is 1. The molecule has 0 saturated heterocycles. The van der Waals surface area contributed by atoms with Gasteiger partial charge in [-0.3, -0.25) is 49.0 Å². The Balaban J connectivity index is 2.04. The molecule has 0 bridgehead atoms. The van der Waals surface area contributed by atoms with Gasteiger partial charge in [-0.25, -0.2) is 24.8 Å². The van der Waals surface area contributed by atoms with Gasteiger partial charge in [0.25, 0.3) is 40.9 Å². The molecule has 0 aliphatic carbocycles. The molecule has 3 aromatic rings. The number of primary amides is 1. The van der Waals surface area contributed by atoms with Gasteiger partial charge in [0, 0.05) is 23.8 Å². The van der Waals surface area contributed by atoms with Gasteiger partial charge in [-0.05, 0) is 11.6 Å². The van der Waals surface area contributed by atoms with Gasteiger partial charge in [-0.2, -0.15) is 0 Å². The maximum Gasteiger partial charge on any atom is 0.338 e. The number of hydrogen-bond acceptors (Lipinski definition) is 17. The molecule has 0 aliphatic heterocycles. The molecule has 70 heavy (non-hydrogen) atoms. The summed E-state index contributed by atoms with van der Waals surface area (Å²) in [6.45, 7) is -0.785. The molecule has 34 heteroatoms. The zero-order valence-corrected chi connectivity index (χ0v) is 35.8. The highest BCUT2D eigenvalue weighted by Gasteiger charge is 2.36. The normalized spacial score (nSPS) is 13.0. The first kappa shape index (κ1) is 53.9. The molecule has 372 valence electrons. The van der Waals surface area contributed by atoms with Crippen LogP contribution in [0.2, 0.25) is 0 Å². The van der Waals surface area contributed by atoms with Gasteiger partial charge >= 0.3 is 5.97 Å². The molecule has 34 nitrogen and oxygen atoms in total. The Morgan fingerprint density at radius 2 is 1.01 bits per heavy atom. The Morgan fingerprint density at radius 3 is 1.46 bits per heavy atom. The second-order valence-electron chi connectivity index (χ2n) is 13.8. The third kappa shape index (κ3) is 15.4. The molecule has 0 fully saturated rings. The molecule has 6 amide bonds. The number of benzene rings is 3. The third-order valence-electron chi connectivity index (χ3n) is 8.71. The summed E-state index contributed by atoms with van der Waals surface area (Å²) < 4.78 is 0. The van der Waals surface area contributed by atoms with Crippen LogP contribution in [-0.2, 0) is 35.3 Å². The summed E-state index contributed by atoms with van der Waals surface area (Å²) in [5, 5.41) is 55.4. The Bertz CT molecular complexity index is 2630. The Labute approximate surface area is 391 Å². The maximum atomic E-state index is 14.2. The van der Waals surface area contributed by atoms with Crippen molar-refractivity contribution in [1.29, 1.82) is 0 Å². The molecule has 3 rings (SSSR count). The number of carboxylic acid groups (broad SMARTS) is 1. The molecule has 6 atom stereocenters. The minimum absolute atomic E-state index is 0.0589. The van der Waals surface area contributed by atoms with Crippen LogP contribution in [-0.4, -0.2) is 116 Å². The molecule has 0 aromatic heterocycles. The fourth-order valence-electron chi connectivity index (χ4n) is 5.76. The lowest BCUT2D eigenvalue weighted by Crippen LogP contribution is -2.58. The molecule has 0 heterocycles. The van der Waals surface area contributed by atoms with E-state index in [0.717, 1.165) is 18.2 Å². The number of nitro benzene ring substituents is 2. The number of aliphatic hydroxyl groups is 1. The number of carboxylic acids is 1. The van der Waals surface area contributed by atoms with Crippen molar-refractivity contribution >= 4 is 82.3 Å². The largest absolute Gasteiger partial charge is 0.478 e. The van der Waals surface area contributed by atoms with Crippen molar-refractivity contribution in [3.05, 3.63) is 110 Å². The van der Waals surface area contributed by atoms with Gasteiger partial charge in [0.05, 0.1) is 27.6 Å². The zero-order chi connectivity index (χ0) is 52.6. The lowest BCUT2D eigenvalue weighted by molar-refractivity contribution is -0.385. The summed E-state index contributed by atoms with van der Waals surface area (Å²) in [6, 6.07) is 12.2. The number of carbonyl (C=O) groups excluding carboxylic acids is 6. The smallest absolute Gasteiger partial charge is 0.338 e. The van der Waals surface area contributed by atoms with E-state index >= 15 is 0 Å². The first-order valence-electron chi connectivity index (χ1n) is 19.2. The number of nitro groups is 2. The van der Waals surface area contributed by atoms with Crippen LogP contribution in [0, 0.1) is 20.2 Å². The molecular formula is C36H45N21O13. The van der Waals surface area contributed by atoms with Crippen molar-refractivity contribution in [3.63, 3.8) is 0 Å². The summed E-state index contributed by atoms with van der Waals surface area (Å²) in [5.74, 6) is -13.4. The van der Waals surface area contributed by atoms with Gasteiger partial charge in [0.1, 0.15) is 6.04 Å².